The van der Waals surface area contributed by atoms with Crippen molar-refractivity contribution in [3.05, 3.63) is 29.3 Å². The molecule has 2 nitrogen and oxygen atoms in total. The highest BCUT2D eigenvalue weighted by Gasteiger charge is 2.34. The van der Waals surface area contributed by atoms with E-state index in [-0.39, 0.29) is 17.2 Å². The zero-order valence-corrected chi connectivity index (χ0v) is 12.9. The van der Waals surface area contributed by atoms with Crippen LogP contribution >= 0.6 is 0 Å². The molecule has 0 bridgehead atoms. The van der Waals surface area contributed by atoms with Gasteiger partial charge in [-0.15, -0.1) is 0 Å². The summed E-state index contributed by atoms with van der Waals surface area (Å²) in [6.07, 6.45) is 7.70. The van der Waals surface area contributed by atoms with Crippen LogP contribution in [-0.4, -0.2) is 5.97 Å². The summed E-state index contributed by atoms with van der Waals surface area (Å²) in [6, 6.07) is 2.75. The molecule has 0 heterocycles. The number of carbonyl (C=O) groups is 1. The van der Waals surface area contributed by atoms with Gasteiger partial charge in [0, 0.05) is 0 Å². The molecule has 22 heavy (non-hydrogen) atoms. The monoisotopic (exact) mass is 308 g/mol. The summed E-state index contributed by atoms with van der Waals surface area (Å²) in [5, 5.41) is 0. The first-order valence-corrected chi connectivity index (χ1v) is 8.22. The Bertz CT molecular complexity index is 558. The largest absolute Gasteiger partial charge is 0.423 e. The average Bonchev–Trinajstić information content (AvgIpc) is 2.47. The van der Waals surface area contributed by atoms with Crippen LogP contribution in [0.25, 0.3) is 0 Å². The molecule has 2 aliphatic rings. The Morgan fingerprint density at radius 3 is 2.23 bits per heavy atom. The van der Waals surface area contributed by atoms with Gasteiger partial charge in [-0.25, -0.2) is 4.39 Å². The molecule has 2 aliphatic carbocycles. The molecule has 0 unspecified atom stereocenters. The number of aryl methyl sites for hydroxylation is 1. The van der Waals surface area contributed by atoms with Gasteiger partial charge in [-0.05, 0) is 56.1 Å². The van der Waals surface area contributed by atoms with Gasteiger partial charge in [-0.1, -0.05) is 25.3 Å². The van der Waals surface area contributed by atoms with Crippen molar-refractivity contribution >= 4 is 5.97 Å². The number of halogens is 2. The fourth-order valence-electron chi connectivity index (χ4n) is 3.64. The molecule has 0 atom stereocenters. The Morgan fingerprint density at radius 1 is 1.00 bits per heavy atom. The number of benzene rings is 1. The minimum Gasteiger partial charge on any atom is -0.423 e. The predicted molar refractivity (Wildman–Crippen MR) is 79.5 cm³/mol. The normalized spacial score (nSPS) is 25.6. The summed E-state index contributed by atoms with van der Waals surface area (Å²) in [4.78, 5) is 12.2. The van der Waals surface area contributed by atoms with Crippen molar-refractivity contribution in [1.82, 2.24) is 0 Å². The Balaban J connectivity index is 1.57. The van der Waals surface area contributed by atoms with Crippen molar-refractivity contribution in [2.75, 3.05) is 0 Å². The maximum Gasteiger partial charge on any atom is 0.314 e. The van der Waals surface area contributed by atoms with E-state index >= 15 is 0 Å². The third-order valence-corrected chi connectivity index (χ3v) is 5.37. The van der Waals surface area contributed by atoms with E-state index in [1.807, 2.05) is 0 Å². The Hall–Kier alpha value is -1.45. The molecule has 0 spiro atoms. The topological polar surface area (TPSA) is 26.3 Å². The molecule has 120 valence electrons. The van der Waals surface area contributed by atoms with Crippen LogP contribution in [0.1, 0.15) is 50.5 Å². The second kappa shape index (κ2) is 6.35. The van der Waals surface area contributed by atoms with Crippen LogP contribution in [0.5, 0.6) is 5.75 Å². The van der Waals surface area contributed by atoms with Crippen LogP contribution in [0.4, 0.5) is 8.78 Å². The fourth-order valence-corrected chi connectivity index (χ4v) is 3.64. The van der Waals surface area contributed by atoms with E-state index in [1.54, 1.807) is 0 Å². The average molecular weight is 308 g/mol. The Kier molecular flexibility index (Phi) is 4.46. The number of esters is 1. The summed E-state index contributed by atoms with van der Waals surface area (Å²) in [5.74, 6) is -1.33. The SMILES string of the molecule is Cc1ccc(OC(=O)C2CCC(C3CCC3)CC2)c(F)c1F. The van der Waals surface area contributed by atoms with E-state index < -0.39 is 17.6 Å². The fraction of sp³-hybridized carbons (Fsp3) is 0.611. The number of hydrogen-bond acceptors (Lipinski definition) is 2. The van der Waals surface area contributed by atoms with Gasteiger partial charge >= 0.3 is 5.97 Å². The third-order valence-electron chi connectivity index (χ3n) is 5.37. The van der Waals surface area contributed by atoms with E-state index in [4.69, 9.17) is 4.74 Å². The van der Waals surface area contributed by atoms with Crippen molar-refractivity contribution in [2.45, 2.75) is 51.9 Å². The van der Waals surface area contributed by atoms with Crippen LogP contribution in [0.15, 0.2) is 12.1 Å². The molecule has 0 aromatic heterocycles. The summed E-state index contributed by atoms with van der Waals surface area (Å²) >= 11 is 0. The van der Waals surface area contributed by atoms with Crippen molar-refractivity contribution in [1.29, 1.82) is 0 Å². The smallest absolute Gasteiger partial charge is 0.314 e. The third kappa shape index (κ3) is 3.01. The van der Waals surface area contributed by atoms with E-state index in [1.165, 1.54) is 38.3 Å². The predicted octanol–water partition coefficient (Wildman–Crippen LogP) is 4.79. The molecule has 0 N–H and O–H groups in total. The van der Waals surface area contributed by atoms with E-state index in [9.17, 15) is 13.6 Å². The maximum absolute atomic E-state index is 13.8. The summed E-state index contributed by atoms with van der Waals surface area (Å²) in [5.41, 5.74) is 0.207. The van der Waals surface area contributed by atoms with Crippen LogP contribution in [0.3, 0.4) is 0 Å². The van der Waals surface area contributed by atoms with Gasteiger partial charge in [-0.3, -0.25) is 4.79 Å². The molecule has 0 saturated heterocycles. The van der Waals surface area contributed by atoms with Crippen molar-refractivity contribution in [3.63, 3.8) is 0 Å². The van der Waals surface area contributed by atoms with E-state index in [2.05, 4.69) is 0 Å². The standard InChI is InChI=1S/C18H22F2O2/c1-11-5-10-15(17(20)16(11)19)22-18(21)14-8-6-13(7-9-14)12-3-2-4-12/h5,10,12-14H,2-4,6-9H2,1H3. The number of carbonyl (C=O) groups excluding carboxylic acids is 1. The first kappa shape index (κ1) is 15.4. The van der Waals surface area contributed by atoms with Crippen LogP contribution < -0.4 is 4.74 Å². The van der Waals surface area contributed by atoms with Gasteiger partial charge in [0.05, 0.1) is 5.92 Å². The molecule has 1 aromatic rings. The molecule has 2 fully saturated rings. The van der Waals surface area contributed by atoms with E-state index in [0.29, 0.717) is 0 Å². The molecule has 1 aromatic carbocycles. The highest BCUT2D eigenvalue weighted by atomic mass is 19.2. The van der Waals surface area contributed by atoms with Crippen LogP contribution in [0.2, 0.25) is 0 Å². The zero-order chi connectivity index (χ0) is 15.7. The molecular formula is C18H22F2O2. The molecule has 0 aliphatic heterocycles. The first-order chi connectivity index (χ1) is 10.6. The van der Waals surface area contributed by atoms with E-state index in [0.717, 1.165) is 37.5 Å². The molecule has 2 saturated carbocycles. The second-order valence-electron chi connectivity index (χ2n) is 6.73. The zero-order valence-electron chi connectivity index (χ0n) is 12.9. The van der Waals surface area contributed by atoms with Crippen LogP contribution in [-0.2, 0) is 4.79 Å². The minimum absolute atomic E-state index is 0.180. The highest BCUT2D eigenvalue weighted by Crippen LogP contribution is 2.42. The lowest BCUT2D eigenvalue weighted by Crippen LogP contribution is -2.30. The van der Waals surface area contributed by atoms with Gasteiger partial charge in [0.2, 0.25) is 5.82 Å². The minimum atomic E-state index is -1.07. The lowest BCUT2D eigenvalue weighted by atomic mass is 9.68. The summed E-state index contributed by atoms with van der Waals surface area (Å²) in [7, 11) is 0. The number of rotatable bonds is 3. The highest BCUT2D eigenvalue weighted by molar-refractivity contribution is 5.75. The number of ether oxygens (including phenoxy) is 1. The van der Waals surface area contributed by atoms with Gasteiger partial charge in [0.25, 0.3) is 0 Å². The maximum atomic E-state index is 13.8. The van der Waals surface area contributed by atoms with Gasteiger partial charge in [0.15, 0.2) is 11.6 Å². The Labute approximate surface area is 129 Å². The van der Waals surface area contributed by atoms with Gasteiger partial charge in [-0.2, -0.15) is 4.39 Å². The van der Waals surface area contributed by atoms with Gasteiger partial charge < -0.3 is 4.74 Å². The molecule has 0 amide bonds. The Morgan fingerprint density at radius 2 is 1.64 bits per heavy atom. The molecule has 4 heteroatoms. The lowest BCUT2D eigenvalue weighted by Gasteiger charge is -2.37. The second-order valence-corrected chi connectivity index (χ2v) is 6.73. The summed E-state index contributed by atoms with van der Waals surface area (Å²) in [6.45, 7) is 1.48. The van der Waals surface area contributed by atoms with Crippen LogP contribution in [0, 0.1) is 36.3 Å². The molecule has 3 rings (SSSR count). The van der Waals surface area contributed by atoms with Gasteiger partial charge in [0.1, 0.15) is 0 Å². The molecular weight excluding hydrogens is 286 g/mol. The first-order valence-electron chi connectivity index (χ1n) is 8.22. The lowest BCUT2D eigenvalue weighted by molar-refractivity contribution is -0.140. The number of hydrogen-bond donors (Lipinski definition) is 0. The van der Waals surface area contributed by atoms with Crippen molar-refractivity contribution in [2.24, 2.45) is 17.8 Å². The quantitative estimate of drug-likeness (QED) is 0.593. The van der Waals surface area contributed by atoms with Crippen molar-refractivity contribution in [3.8, 4) is 5.75 Å². The molecule has 0 radical (unpaired) electrons. The summed E-state index contributed by atoms with van der Waals surface area (Å²) < 4.78 is 32.4. The van der Waals surface area contributed by atoms with Crippen molar-refractivity contribution < 1.29 is 18.3 Å².